The van der Waals surface area contributed by atoms with E-state index in [9.17, 15) is 13.2 Å². The number of hydrogen-bond acceptors (Lipinski definition) is 1. The van der Waals surface area contributed by atoms with Crippen molar-refractivity contribution in [1.82, 2.24) is 0 Å². The van der Waals surface area contributed by atoms with Gasteiger partial charge in [0, 0.05) is 22.5 Å². The van der Waals surface area contributed by atoms with Crippen LogP contribution in [0.15, 0.2) is 22.7 Å². The molecule has 0 fully saturated rings. The zero-order valence-corrected chi connectivity index (χ0v) is 9.99. The van der Waals surface area contributed by atoms with E-state index in [0.29, 0.717) is 4.47 Å². The monoisotopic (exact) mass is 303 g/mol. The first-order valence-electron chi connectivity index (χ1n) is 4.00. The van der Waals surface area contributed by atoms with E-state index in [1.165, 1.54) is 12.1 Å². The maximum atomic E-state index is 13.2. The average Bonchev–Trinajstić information content (AvgIpc) is 2.01. The molecule has 0 saturated carbocycles. The highest BCUT2D eigenvalue weighted by atomic mass is 79.9. The van der Waals surface area contributed by atoms with Crippen LogP contribution in [0, 0.1) is 5.82 Å². The van der Waals surface area contributed by atoms with E-state index >= 15 is 0 Å². The van der Waals surface area contributed by atoms with Gasteiger partial charge in [0.15, 0.2) is 0 Å². The van der Waals surface area contributed by atoms with Crippen LogP contribution in [0.4, 0.5) is 13.2 Å². The number of benzene rings is 1. The molecule has 15 heavy (non-hydrogen) atoms. The Bertz CT molecular complexity index is 302. The molecule has 0 unspecified atom stereocenters. The molecule has 1 rings (SSSR count). The van der Waals surface area contributed by atoms with Gasteiger partial charge in [0.1, 0.15) is 5.82 Å². The third kappa shape index (κ3) is 4.01. The summed E-state index contributed by atoms with van der Waals surface area (Å²) in [5.74, 6) is -0.562. The molecule has 0 aliphatic heterocycles. The first kappa shape index (κ1) is 14.7. The number of halogens is 5. The normalized spacial score (nSPS) is 12.4. The van der Waals surface area contributed by atoms with Crippen molar-refractivity contribution in [2.75, 3.05) is 0 Å². The second kappa shape index (κ2) is 6.35. The summed E-state index contributed by atoms with van der Waals surface area (Å²) >= 11 is 3.07. The predicted octanol–water partition coefficient (Wildman–Crippen LogP) is 3.67. The Labute approximate surface area is 100 Å². The van der Waals surface area contributed by atoms with Crippen LogP contribution in [0.2, 0.25) is 0 Å². The van der Waals surface area contributed by atoms with Gasteiger partial charge in [0.2, 0.25) is 6.43 Å². The minimum Gasteiger partial charge on any atom is -0.324 e. The summed E-state index contributed by atoms with van der Waals surface area (Å²) in [5, 5.41) is 0. The highest BCUT2D eigenvalue weighted by molar-refractivity contribution is 9.10. The first-order valence-corrected chi connectivity index (χ1v) is 4.79. The number of hydrogen-bond donors (Lipinski definition) is 1. The Kier molecular flexibility index (Phi) is 6.24. The molecule has 0 aromatic heterocycles. The van der Waals surface area contributed by atoms with Gasteiger partial charge in [-0.15, -0.1) is 12.4 Å². The third-order valence-corrected chi connectivity index (χ3v) is 2.49. The average molecular weight is 305 g/mol. The molecule has 0 amide bonds. The molecule has 0 spiro atoms. The Hall–Kier alpha value is -0.260. The molecule has 0 heterocycles. The molecule has 1 aromatic rings. The largest absolute Gasteiger partial charge is 0.324 e. The maximum absolute atomic E-state index is 13.2. The van der Waals surface area contributed by atoms with Gasteiger partial charge >= 0.3 is 0 Å². The van der Waals surface area contributed by atoms with Crippen LogP contribution in [0.1, 0.15) is 18.0 Å². The molecule has 6 heteroatoms. The fraction of sp³-hybridized carbons (Fsp3) is 0.333. The van der Waals surface area contributed by atoms with E-state index in [-0.39, 0.29) is 18.0 Å². The first-order chi connectivity index (χ1) is 6.52. The van der Waals surface area contributed by atoms with Gasteiger partial charge in [-0.3, -0.25) is 0 Å². The molecule has 1 aromatic carbocycles. The molecule has 0 bridgehead atoms. The lowest BCUT2D eigenvalue weighted by atomic mass is 10.0. The molecule has 86 valence electrons. The Morgan fingerprint density at radius 2 is 1.93 bits per heavy atom. The third-order valence-electron chi connectivity index (χ3n) is 1.80. The smallest absolute Gasteiger partial charge is 0.240 e. The van der Waals surface area contributed by atoms with Gasteiger partial charge in [-0.1, -0.05) is 22.0 Å². The lowest BCUT2D eigenvalue weighted by molar-refractivity contribution is 0.128. The SMILES string of the molecule is Cl.N[C@H](CC(F)F)c1c(F)cccc1Br. The number of nitrogens with two attached hydrogens (primary N) is 1. The highest BCUT2D eigenvalue weighted by Crippen LogP contribution is 2.28. The van der Waals surface area contributed by atoms with Crippen molar-refractivity contribution in [1.29, 1.82) is 0 Å². The van der Waals surface area contributed by atoms with Crippen LogP contribution in [0.3, 0.4) is 0 Å². The molecule has 1 atom stereocenters. The van der Waals surface area contributed by atoms with Crippen molar-refractivity contribution < 1.29 is 13.2 Å². The molecule has 0 aliphatic rings. The fourth-order valence-electron chi connectivity index (χ4n) is 1.17. The van der Waals surface area contributed by atoms with Gasteiger partial charge in [-0.25, -0.2) is 13.2 Å². The van der Waals surface area contributed by atoms with E-state index in [4.69, 9.17) is 5.73 Å². The van der Waals surface area contributed by atoms with Gasteiger partial charge < -0.3 is 5.73 Å². The van der Waals surface area contributed by atoms with Crippen molar-refractivity contribution in [3.63, 3.8) is 0 Å². The topological polar surface area (TPSA) is 26.0 Å². The number of rotatable bonds is 3. The van der Waals surface area contributed by atoms with Gasteiger partial charge in [0.25, 0.3) is 0 Å². The Balaban J connectivity index is 0.00000196. The van der Waals surface area contributed by atoms with Crippen molar-refractivity contribution in [3.05, 3.63) is 34.1 Å². The lowest BCUT2D eigenvalue weighted by Gasteiger charge is -2.13. The molecule has 1 nitrogen and oxygen atoms in total. The van der Waals surface area contributed by atoms with E-state index in [1.807, 2.05) is 0 Å². The van der Waals surface area contributed by atoms with E-state index < -0.39 is 24.7 Å². The maximum Gasteiger partial charge on any atom is 0.240 e. The summed E-state index contributed by atoms with van der Waals surface area (Å²) in [6.45, 7) is 0. The van der Waals surface area contributed by atoms with E-state index in [1.54, 1.807) is 6.07 Å². The van der Waals surface area contributed by atoms with Crippen molar-refractivity contribution >= 4 is 28.3 Å². The van der Waals surface area contributed by atoms with Crippen LogP contribution in [0.5, 0.6) is 0 Å². The van der Waals surface area contributed by atoms with Crippen molar-refractivity contribution in [3.8, 4) is 0 Å². The summed E-state index contributed by atoms with van der Waals surface area (Å²) in [6, 6.07) is 3.28. The standard InChI is InChI=1S/C9H9BrF3N.ClH/c10-5-2-1-3-6(11)9(5)7(14)4-8(12)13;/h1-3,7-8H,4,14H2;1H/t7-;/m1./s1. The molecular formula is C9H10BrClF3N. The summed E-state index contributed by atoms with van der Waals surface area (Å²) in [4.78, 5) is 0. The summed E-state index contributed by atoms with van der Waals surface area (Å²) in [6.07, 6.45) is -3.07. The Morgan fingerprint density at radius 3 is 2.40 bits per heavy atom. The van der Waals surface area contributed by atoms with Crippen molar-refractivity contribution in [2.45, 2.75) is 18.9 Å². The van der Waals surface area contributed by atoms with Gasteiger partial charge in [-0.05, 0) is 12.1 Å². The summed E-state index contributed by atoms with van der Waals surface area (Å²) < 4.78 is 37.7. The predicted molar refractivity (Wildman–Crippen MR) is 58.9 cm³/mol. The zero-order chi connectivity index (χ0) is 10.7. The van der Waals surface area contributed by atoms with Crippen LogP contribution in [-0.2, 0) is 0 Å². The minimum absolute atomic E-state index is 0. The zero-order valence-electron chi connectivity index (χ0n) is 7.59. The van der Waals surface area contributed by atoms with Gasteiger partial charge in [-0.2, -0.15) is 0 Å². The lowest BCUT2D eigenvalue weighted by Crippen LogP contribution is -2.16. The quantitative estimate of drug-likeness (QED) is 0.906. The molecular weight excluding hydrogens is 294 g/mol. The van der Waals surface area contributed by atoms with Crippen LogP contribution < -0.4 is 5.73 Å². The van der Waals surface area contributed by atoms with Crippen LogP contribution in [-0.4, -0.2) is 6.43 Å². The Morgan fingerprint density at radius 1 is 1.33 bits per heavy atom. The number of alkyl halides is 2. The van der Waals surface area contributed by atoms with E-state index in [0.717, 1.165) is 0 Å². The van der Waals surface area contributed by atoms with Crippen LogP contribution in [0.25, 0.3) is 0 Å². The second-order valence-corrected chi connectivity index (χ2v) is 3.72. The van der Waals surface area contributed by atoms with Crippen LogP contribution >= 0.6 is 28.3 Å². The fourth-order valence-corrected chi connectivity index (χ4v) is 1.81. The molecule has 0 saturated heterocycles. The van der Waals surface area contributed by atoms with E-state index in [2.05, 4.69) is 15.9 Å². The minimum atomic E-state index is -2.53. The molecule has 0 aliphatic carbocycles. The molecule has 2 N–H and O–H groups in total. The molecule has 0 radical (unpaired) electrons. The van der Waals surface area contributed by atoms with Crippen molar-refractivity contribution in [2.24, 2.45) is 5.73 Å². The summed E-state index contributed by atoms with van der Waals surface area (Å²) in [7, 11) is 0. The highest BCUT2D eigenvalue weighted by Gasteiger charge is 2.18. The summed E-state index contributed by atoms with van der Waals surface area (Å²) in [5.41, 5.74) is 5.55. The van der Waals surface area contributed by atoms with Gasteiger partial charge in [0.05, 0.1) is 0 Å². The second-order valence-electron chi connectivity index (χ2n) is 2.87.